The number of fused-ring (bicyclic) bond motifs is 1. The van der Waals surface area contributed by atoms with Crippen LogP contribution < -0.4 is 4.90 Å². The van der Waals surface area contributed by atoms with Gasteiger partial charge in [-0.25, -0.2) is 9.97 Å². The maximum Gasteiger partial charge on any atom is 0.222 e. The van der Waals surface area contributed by atoms with E-state index < -0.39 is 0 Å². The Morgan fingerprint density at radius 1 is 1.00 bits per heavy atom. The van der Waals surface area contributed by atoms with Gasteiger partial charge in [0.2, 0.25) is 5.91 Å². The van der Waals surface area contributed by atoms with Gasteiger partial charge in [0.15, 0.2) is 0 Å². The van der Waals surface area contributed by atoms with Crippen molar-refractivity contribution >= 4 is 11.7 Å². The SMILES string of the molecule is Cc1nc2c(c(N3CCC(CC(=O)N4CCN(C)CC4)CC3)n1)CCCC2. The number of anilines is 1. The number of nitrogens with zero attached hydrogens (tertiary/aromatic N) is 5. The van der Waals surface area contributed by atoms with Crippen LogP contribution in [0.2, 0.25) is 0 Å². The van der Waals surface area contributed by atoms with Crippen LogP contribution in [0.4, 0.5) is 5.82 Å². The Morgan fingerprint density at radius 3 is 2.44 bits per heavy atom. The summed E-state index contributed by atoms with van der Waals surface area (Å²) >= 11 is 0. The van der Waals surface area contributed by atoms with Crippen LogP contribution in [0, 0.1) is 12.8 Å². The molecule has 3 heterocycles. The zero-order valence-corrected chi connectivity index (χ0v) is 16.9. The Bertz CT molecular complexity index is 675. The number of carbonyl (C=O) groups excluding carboxylic acids is 1. The predicted octanol–water partition coefficient (Wildman–Crippen LogP) is 2.04. The molecule has 6 nitrogen and oxygen atoms in total. The van der Waals surface area contributed by atoms with E-state index in [0.29, 0.717) is 11.8 Å². The first-order valence-electron chi connectivity index (χ1n) is 10.7. The maximum atomic E-state index is 12.6. The van der Waals surface area contributed by atoms with Crippen LogP contribution in [0.25, 0.3) is 0 Å². The molecular formula is C21H33N5O. The third-order valence-corrected chi connectivity index (χ3v) is 6.51. The van der Waals surface area contributed by atoms with E-state index in [9.17, 15) is 4.79 Å². The third kappa shape index (κ3) is 4.26. The Balaban J connectivity index is 1.34. The minimum atomic E-state index is 0.358. The number of aryl methyl sites for hydroxylation is 2. The predicted molar refractivity (Wildman–Crippen MR) is 107 cm³/mol. The second-order valence-corrected chi connectivity index (χ2v) is 8.55. The molecular weight excluding hydrogens is 338 g/mol. The molecule has 2 aliphatic heterocycles. The third-order valence-electron chi connectivity index (χ3n) is 6.51. The van der Waals surface area contributed by atoms with Gasteiger partial charge in [-0.2, -0.15) is 0 Å². The van der Waals surface area contributed by atoms with Crippen molar-refractivity contribution in [2.45, 2.75) is 51.9 Å². The van der Waals surface area contributed by atoms with E-state index >= 15 is 0 Å². The van der Waals surface area contributed by atoms with Crippen LogP contribution in [0.1, 0.15) is 49.2 Å². The van der Waals surface area contributed by atoms with Gasteiger partial charge >= 0.3 is 0 Å². The molecule has 1 aromatic rings. The molecule has 2 fully saturated rings. The fraction of sp³-hybridized carbons (Fsp3) is 0.762. The molecule has 0 spiro atoms. The van der Waals surface area contributed by atoms with Crippen molar-refractivity contribution in [1.29, 1.82) is 0 Å². The van der Waals surface area contributed by atoms with E-state index in [1.165, 1.54) is 29.9 Å². The molecule has 4 rings (SSSR count). The number of aromatic nitrogens is 2. The quantitative estimate of drug-likeness (QED) is 0.814. The first kappa shape index (κ1) is 18.7. The molecule has 148 valence electrons. The van der Waals surface area contributed by atoms with Crippen LogP contribution >= 0.6 is 0 Å². The summed E-state index contributed by atoms with van der Waals surface area (Å²) in [4.78, 5) is 29.0. The largest absolute Gasteiger partial charge is 0.356 e. The number of hydrogen-bond acceptors (Lipinski definition) is 5. The second-order valence-electron chi connectivity index (χ2n) is 8.55. The molecule has 2 saturated heterocycles. The van der Waals surface area contributed by atoms with Gasteiger partial charge in [0, 0.05) is 56.9 Å². The van der Waals surface area contributed by atoms with Crippen molar-refractivity contribution in [2.24, 2.45) is 5.92 Å². The van der Waals surface area contributed by atoms with Gasteiger partial charge in [0.25, 0.3) is 0 Å². The summed E-state index contributed by atoms with van der Waals surface area (Å²) in [6.45, 7) is 7.83. The first-order chi connectivity index (χ1) is 13.1. The molecule has 0 radical (unpaired) electrons. The topological polar surface area (TPSA) is 52.6 Å². The standard InChI is InChI=1S/C21H33N5O/c1-16-22-19-6-4-3-5-18(19)21(23-16)26-9-7-17(8-10-26)15-20(27)25-13-11-24(2)12-14-25/h17H,3-15H2,1-2H3. The minimum Gasteiger partial charge on any atom is -0.356 e. The molecule has 6 heteroatoms. The molecule has 1 aliphatic carbocycles. The number of likely N-dealkylation sites (N-methyl/N-ethyl adjacent to an activating group) is 1. The van der Waals surface area contributed by atoms with Crippen LogP contribution in [0.15, 0.2) is 0 Å². The lowest BCUT2D eigenvalue weighted by atomic mass is 9.91. The van der Waals surface area contributed by atoms with Crippen LogP contribution in [0.5, 0.6) is 0 Å². The highest BCUT2D eigenvalue weighted by molar-refractivity contribution is 5.76. The van der Waals surface area contributed by atoms with Crippen molar-refractivity contribution in [2.75, 3.05) is 51.2 Å². The van der Waals surface area contributed by atoms with E-state index in [1.807, 2.05) is 6.92 Å². The van der Waals surface area contributed by atoms with Crippen LogP contribution in [-0.4, -0.2) is 72.0 Å². The summed E-state index contributed by atoms with van der Waals surface area (Å²) in [5.74, 6) is 2.96. The highest BCUT2D eigenvalue weighted by atomic mass is 16.2. The minimum absolute atomic E-state index is 0.358. The van der Waals surface area contributed by atoms with Crippen molar-refractivity contribution in [3.8, 4) is 0 Å². The molecule has 0 bridgehead atoms. The summed E-state index contributed by atoms with van der Waals surface area (Å²) in [5, 5.41) is 0. The van der Waals surface area contributed by atoms with Gasteiger partial charge in [-0.3, -0.25) is 4.79 Å². The normalized spacial score (nSPS) is 22.0. The number of rotatable bonds is 3. The summed E-state index contributed by atoms with van der Waals surface area (Å²) in [7, 11) is 2.13. The van der Waals surface area contributed by atoms with Crippen molar-refractivity contribution in [3.05, 3.63) is 17.1 Å². The van der Waals surface area contributed by atoms with Crippen molar-refractivity contribution < 1.29 is 4.79 Å². The smallest absolute Gasteiger partial charge is 0.222 e. The van der Waals surface area contributed by atoms with Crippen molar-refractivity contribution in [3.63, 3.8) is 0 Å². The Kier molecular flexibility index (Phi) is 5.62. The lowest BCUT2D eigenvalue weighted by molar-refractivity contribution is -0.133. The zero-order chi connectivity index (χ0) is 18.8. The zero-order valence-electron chi connectivity index (χ0n) is 16.9. The molecule has 0 atom stereocenters. The van der Waals surface area contributed by atoms with Gasteiger partial charge in [0.05, 0.1) is 0 Å². The van der Waals surface area contributed by atoms with E-state index in [4.69, 9.17) is 4.98 Å². The van der Waals surface area contributed by atoms with Crippen LogP contribution in [-0.2, 0) is 17.6 Å². The maximum absolute atomic E-state index is 12.6. The number of carbonyl (C=O) groups is 1. The molecule has 3 aliphatic rings. The fourth-order valence-corrected chi connectivity index (χ4v) is 4.74. The molecule has 0 N–H and O–H groups in total. The molecule has 27 heavy (non-hydrogen) atoms. The highest BCUT2D eigenvalue weighted by Crippen LogP contribution is 2.31. The van der Waals surface area contributed by atoms with Gasteiger partial charge in [-0.1, -0.05) is 0 Å². The lowest BCUT2D eigenvalue weighted by Gasteiger charge is -2.36. The van der Waals surface area contributed by atoms with Gasteiger partial charge in [-0.15, -0.1) is 0 Å². The highest BCUT2D eigenvalue weighted by Gasteiger charge is 2.28. The Morgan fingerprint density at radius 2 is 1.70 bits per heavy atom. The van der Waals surface area contributed by atoms with E-state index in [-0.39, 0.29) is 0 Å². The summed E-state index contributed by atoms with van der Waals surface area (Å²) < 4.78 is 0. The number of piperazine rings is 1. The van der Waals surface area contributed by atoms with Crippen LogP contribution in [0.3, 0.4) is 0 Å². The second kappa shape index (κ2) is 8.13. The summed E-state index contributed by atoms with van der Waals surface area (Å²) in [5.41, 5.74) is 2.66. The molecule has 1 aromatic heterocycles. The molecule has 0 aromatic carbocycles. The van der Waals surface area contributed by atoms with E-state index in [0.717, 1.165) is 77.2 Å². The average Bonchev–Trinajstić information content (AvgIpc) is 2.68. The van der Waals surface area contributed by atoms with Gasteiger partial charge < -0.3 is 14.7 Å². The van der Waals surface area contributed by atoms with Gasteiger partial charge in [-0.05, 0) is 58.4 Å². The Labute approximate surface area is 162 Å². The lowest BCUT2D eigenvalue weighted by Crippen LogP contribution is -2.48. The van der Waals surface area contributed by atoms with E-state index in [2.05, 4.69) is 26.7 Å². The summed E-state index contributed by atoms with van der Waals surface area (Å²) in [6.07, 6.45) is 7.63. The average molecular weight is 372 g/mol. The van der Waals surface area contributed by atoms with Crippen molar-refractivity contribution in [1.82, 2.24) is 19.8 Å². The molecule has 0 unspecified atom stereocenters. The fourth-order valence-electron chi connectivity index (χ4n) is 4.74. The monoisotopic (exact) mass is 371 g/mol. The molecule has 1 amide bonds. The number of amides is 1. The van der Waals surface area contributed by atoms with Gasteiger partial charge in [0.1, 0.15) is 11.6 Å². The Hall–Kier alpha value is -1.69. The van der Waals surface area contributed by atoms with E-state index in [1.54, 1.807) is 0 Å². The summed E-state index contributed by atoms with van der Waals surface area (Å²) in [6, 6.07) is 0. The molecule has 0 saturated carbocycles. The number of piperidine rings is 1. The first-order valence-corrected chi connectivity index (χ1v) is 10.7. The number of hydrogen-bond donors (Lipinski definition) is 0.